The molecule has 0 N–H and O–H groups in total. The molecule has 4 aromatic carbocycles. The summed E-state index contributed by atoms with van der Waals surface area (Å²) in [6.45, 7) is 0. The summed E-state index contributed by atoms with van der Waals surface area (Å²) in [4.78, 5) is 9.71. The summed E-state index contributed by atoms with van der Waals surface area (Å²) in [7, 11) is 0. The van der Waals surface area contributed by atoms with Gasteiger partial charge >= 0.3 is 0 Å². The van der Waals surface area contributed by atoms with Crippen LogP contribution >= 0.6 is 0 Å². The molecular formula is C26H18N2. The number of rotatable bonds is 0. The highest BCUT2D eigenvalue weighted by atomic mass is 14.7. The van der Waals surface area contributed by atoms with Gasteiger partial charge in [-0.05, 0) is 22.6 Å². The van der Waals surface area contributed by atoms with Gasteiger partial charge in [-0.2, -0.15) is 0 Å². The third-order valence-electron chi connectivity index (χ3n) is 5.00. The molecule has 0 amide bonds. The van der Waals surface area contributed by atoms with Crippen molar-refractivity contribution in [2.45, 2.75) is 0 Å². The molecule has 1 heterocycles. The maximum atomic E-state index is 4.86. The van der Waals surface area contributed by atoms with Crippen LogP contribution in [0.1, 0.15) is 0 Å². The topological polar surface area (TPSA) is 24.7 Å². The Kier molecular flexibility index (Phi) is 4.15. The summed E-state index contributed by atoms with van der Waals surface area (Å²) >= 11 is 0. The van der Waals surface area contributed by atoms with Crippen molar-refractivity contribution >= 4 is 12.4 Å². The zero-order chi connectivity index (χ0) is 18.8. The summed E-state index contributed by atoms with van der Waals surface area (Å²) < 4.78 is 0. The van der Waals surface area contributed by atoms with E-state index in [1.54, 1.807) is 0 Å². The van der Waals surface area contributed by atoms with E-state index < -0.39 is 0 Å². The van der Waals surface area contributed by atoms with E-state index in [4.69, 9.17) is 9.98 Å². The molecule has 0 atom stereocenters. The van der Waals surface area contributed by atoms with Gasteiger partial charge in [-0.1, -0.05) is 84.9 Å². The van der Waals surface area contributed by atoms with Gasteiger partial charge in [-0.3, -0.25) is 9.98 Å². The molecule has 2 nitrogen and oxygen atoms in total. The van der Waals surface area contributed by atoms with E-state index in [9.17, 15) is 0 Å². The number of hydrogen-bond donors (Lipinski definition) is 0. The normalized spacial score (nSPS) is 18.2. The molecule has 0 saturated carbocycles. The average molecular weight is 358 g/mol. The van der Waals surface area contributed by atoms with E-state index >= 15 is 0 Å². The minimum absolute atomic E-state index is 0.939. The van der Waals surface area contributed by atoms with Crippen molar-refractivity contribution in [3.8, 4) is 0 Å². The second kappa shape index (κ2) is 7.09. The first-order chi connectivity index (χ1) is 13.9. The molecule has 2 heteroatoms. The molecule has 28 heavy (non-hydrogen) atoms. The first-order valence-electron chi connectivity index (χ1n) is 9.35. The zero-order valence-corrected chi connectivity index (χ0v) is 15.3. The van der Waals surface area contributed by atoms with E-state index in [2.05, 4.69) is 72.8 Å². The predicted octanol–water partition coefficient (Wildman–Crippen LogP) is 2.69. The van der Waals surface area contributed by atoms with Crippen molar-refractivity contribution in [1.29, 1.82) is 0 Å². The standard InChI is InChI=1S/C26H18N2/c1-3-11-21-19(9-1)17-27-25-15-7-5-13-23(25)24-14-6-8-16-26(24)28-18-20-10-2-4-12-22(20)21/h1-18H/b19-17-,20-18?,22-21-,24-23-,27-17?,27-25+,28-18?,28-26-. The molecule has 0 spiro atoms. The Morgan fingerprint density at radius 3 is 1.18 bits per heavy atom. The molecule has 0 fully saturated rings. The Balaban J connectivity index is 2.16. The highest BCUT2D eigenvalue weighted by Crippen LogP contribution is 1.93. The van der Waals surface area contributed by atoms with Gasteiger partial charge in [-0.15, -0.1) is 0 Å². The molecule has 0 unspecified atom stereocenters. The molecular weight excluding hydrogens is 340 g/mol. The summed E-state index contributed by atoms with van der Waals surface area (Å²) in [5.41, 5.74) is 0. The van der Waals surface area contributed by atoms with Gasteiger partial charge < -0.3 is 0 Å². The van der Waals surface area contributed by atoms with Crippen molar-refractivity contribution in [2.75, 3.05) is 0 Å². The molecule has 4 aromatic rings. The minimum Gasteiger partial charge on any atom is -0.256 e. The highest BCUT2D eigenvalue weighted by molar-refractivity contribution is 5.32. The van der Waals surface area contributed by atoms with E-state index in [-0.39, 0.29) is 0 Å². The second-order valence-electron chi connectivity index (χ2n) is 6.73. The van der Waals surface area contributed by atoms with Crippen LogP contribution in [0.4, 0.5) is 0 Å². The third-order valence-corrected chi connectivity index (χ3v) is 5.00. The van der Waals surface area contributed by atoms with Gasteiger partial charge in [0.2, 0.25) is 0 Å². The first kappa shape index (κ1) is 16.4. The van der Waals surface area contributed by atoms with Gasteiger partial charge in [0.05, 0.1) is 10.7 Å². The third kappa shape index (κ3) is 2.95. The van der Waals surface area contributed by atoms with E-state index in [0.717, 1.165) is 42.0 Å². The molecule has 0 saturated heterocycles. The number of fused-ring (bicyclic) bond motifs is 4. The van der Waals surface area contributed by atoms with Crippen molar-refractivity contribution in [2.24, 2.45) is 9.98 Å². The maximum Gasteiger partial charge on any atom is 0.0709 e. The van der Waals surface area contributed by atoms with Crippen molar-refractivity contribution in [3.63, 3.8) is 0 Å². The van der Waals surface area contributed by atoms with Crippen molar-refractivity contribution in [1.82, 2.24) is 0 Å². The lowest BCUT2D eigenvalue weighted by atomic mass is 10.1. The SMILES string of the molecule is C1=c2cccc\c2=c2/cccc/c2=C/N=c2\cccc\c2=c2/cccc/c2=N/1. The fraction of sp³-hybridized carbons (Fsp3) is 0. The number of benzene rings is 4. The van der Waals surface area contributed by atoms with Crippen LogP contribution in [0.5, 0.6) is 0 Å². The molecule has 0 radical (unpaired) electrons. The quantitative estimate of drug-likeness (QED) is 0.462. The molecule has 1 aliphatic rings. The van der Waals surface area contributed by atoms with Gasteiger partial charge in [0, 0.05) is 33.3 Å². The minimum atomic E-state index is 0.939. The lowest BCUT2D eigenvalue weighted by Crippen LogP contribution is -2.13. The summed E-state index contributed by atoms with van der Waals surface area (Å²) in [6.07, 6.45) is 3.93. The van der Waals surface area contributed by atoms with Gasteiger partial charge in [0.1, 0.15) is 0 Å². The van der Waals surface area contributed by atoms with Crippen LogP contribution in [0.3, 0.4) is 0 Å². The van der Waals surface area contributed by atoms with E-state index in [0.29, 0.717) is 0 Å². The maximum absolute atomic E-state index is 4.86. The van der Waals surface area contributed by atoms with Crippen molar-refractivity contribution in [3.05, 3.63) is 139 Å². The molecule has 5 rings (SSSR count). The van der Waals surface area contributed by atoms with Crippen LogP contribution in [0.15, 0.2) is 107 Å². The Morgan fingerprint density at radius 2 is 0.714 bits per heavy atom. The highest BCUT2D eigenvalue weighted by Gasteiger charge is 1.94. The average Bonchev–Trinajstić information content (AvgIpc) is 2.76. The number of nitrogens with zero attached hydrogens (tertiary/aromatic N) is 2. The molecule has 1 aliphatic heterocycles. The van der Waals surface area contributed by atoms with Crippen LogP contribution in [0.2, 0.25) is 0 Å². The van der Waals surface area contributed by atoms with Crippen LogP contribution in [0, 0.1) is 20.9 Å². The lowest BCUT2D eigenvalue weighted by Gasteiger charge is -1.96. The monoisotopic (exact) mass is 358 g/mol. The Morgan fingerprint density at radius 1 is 0.357 bits per heavy atom. The smallest absolute Gasteiger partial charge is 0.0709 e. The van der Waals surface area contributed by atoms with E-state index in [1.165, 1.54) is 0 Å². The van der Waals surface area contributed by atoms with Gasteiger partial charge in [-0.25, -0.2) is 0 Å². The summed E-state index contributed by atoms with van der Waals surface area (Å²) in [5, 5.41) is 8.52. The Labute approximate surface area is 161 Å². The number of para-hydroxylation sites is 2. The largest absolute Gasteiger partial charge is 0.256 e. The molecule has 0 aliphatic carbocycles. The van der Waals surface area contributed by atoms with Gasteiger partial charge in [0.25, 0.3) is 0 Å². The molecule has 132 valence electrons. The number of hydrogen-bond acceptors (Lipinski definition) is 2. The molecule has 0 bridgehead atoms. The fourth-order valence-electron chi connectivity index (χ4n) is 3.62. The second-order valence-corrected chi connectivity index (χ2v) is 6.73. The summed E-state index contributed by atoms with van der Waals surface area (Å²) in [6, 6.07) is 33.2. The zero-order valence-electron chi connectivity index (χ0n) is 15.3. The fourth-order valence-corrected chi connectivity index (χ4v) is 3.62. The van der Waals surface area contributed by atoms with Crippen LogP contribution in [-0.4, -0.2) is 0 Å². The van der Waals surface area contributed by atoms with Crippen molar-refractivity contribution < 1.29 is 0 Å². The van der Waals surface area contributed by atoms with Crippen LogP contribution < -0.4 is 21.2 Å². The van der Waals surface area contributed by atoms with Crippen LogP contribution in [0.25, 0.3) is 12.4 Å². The lowest BCUT2D eigenvalue weighted by molar-refractivity contribution is 1.26. The Hall–Kier alpha value is -3.78. The molecule has 0 aromatic heterocycles. The van der Waals surface area contributed by atoms with Gasteiger partial charge in [0.15, 0.2) is 0 Å². The predicted molar refractivity (Wildman–Crippen MR) is 112 cm³/mol. The Bertz CT molecular complexity index is 1370. The first-order valence-corrected chi connectivity index (χ1v) is 9.35. The van der Waals surface area contributed by atoms with E-state index in [1.807, 2.05) is 36.7 Å². The van der Waals surface area contributed by atoms with Crippen LogP contribution in [-0.2, 0) is 0 Å². The summed E-state index contributed by atoms with van der Waals surface area (Å²) in [5.74, 6) is 0.